The van der Waals surface area contributed by atoms with Crippen molar-refractivity contribution < 1.29 is 0 Å². The van der Waals surface area contributed by atoms with Crippen LogP contribution in [0.1, 0.15) is 0 Å². The van der Waals surface area contributed by atoms with Gasteiger partial charge in [-0.05, 0) is 0 Å². The minimum absolute atomic E-state index is 0.940. The minimum Gasteiger partial charge on any atom is -0.147 e. The largest absolute Gasteiger partial charge is 0.237 e. The minimum atomic E-state index is 0.940. The molecule has 0 heterocycles. The highest BCUT2D eigenvalue weighted by molar-refractivity contribution is 14.1. The molecule has 0 nitrogen and oxygen atoms in total. The molecule has 0 fully saturated rings. The molecule has 4 heavy (non-hydrogen) atoms. The molecule has 0 aliphatic heterocycles. The molecule has 0 saturated heterocycles. The Hall–Kier alpha value is 1.70. The van der Waals surface area contributed by atoms with Crippen molar-refractivity contribution in [1.29, 1.82) is 0 Å². The van der Waals surface area contributed by atoms with Gasteiger partial charge in [0.1, 0.15) is 0 Å². The molecule has 1 atom stereocenters. The summed E-state index contributed by atoms with van der Waals surface area (Å²) in [5.74, 6) is 0. The maximum atomic E-state index is 3.27. The van der Waals surface area contributed by atoms with Gasteiger partial charge in [0.15, 0.2) is 0 Å². The summed E-state index contributed by atoms with van der Waals surface area (Å²) in [5.41, 5.74) is 0. The standard InChI is InChI=1S/BBrH2IP/c2-4-1-3/h1,4H. The molecule has 24 valence electrons. The van der Waals surface area contributed by atoms with Crippen LogP contribution in [0.3, 0.4) is 0 Å². The molecule has 0 spiro atoms. The zero-order valence-corrected chi connectivity index (χ0v) is 6.71. The highest BCUT2D eigenvalue weighted by Gasteiger charge is 1.66. The Morgan fingerprint density at radius 1 is 2.00 bits per heavy atom. The van der Waals surface area contributed by atoms with Gasteiger partial charge in [-0.1, -0.05) is 22.7 Å². The van der Waals surface area contributed by atoms with Crippen LogP contribution in [0.4, 0.5) is 0 Å². The van der Waals surface area contributed by atoms with Gasteiger partial charge in [-0.25, -0.2) is 0 Å². The highest BCUT2D eigenvalue weighted by Crippen LogP contribution is 2.18. The van der Waals surface area contributed by atoms with E-state index in [-0.39, 0.29) is 0 Å². The van der Waals surface area contributed by atoms with Gasteiger partial charge in [-0.3, -0.25) is 0 Å². The summed E-state index contributed by atoms with van der Waals surface area (Å²) in [6.45, 7) is 0. The Labute approximate surface area is 49.7 Å². The summed E-state index contributed by atoms with van der Waals surface area (Å²) in [4.78, 5) is 1.23. The summed E-state index contributed by atoms with van der Waals surface area (Å²) in [5, 5.41) is 0. The van der Waals surface area contributed by atoms with Gasteiger partial charge in [-0.2, -0.15) is 0 Å². The number of hydrogen-bond acceptors (Lipinski definition) is 0. The third kappa shape index (κ3) is 3.70. The molecule has 0 aromatic rings. The fraction of sp³-hybridized carbons (Fsp3) is 0. The van der Waals surface area contributed by atoms with Crippen molar-refractivity contribution in [2.75, 3.05) is 0 Å². The normalized spacial score (nSPS) is 9.50. The molecule has 0 aromatic carbocycles. The third-order valence-corrected chi connectivity index (χ3v) is 5.28. The fourth-order valence-electron chi connectivity index (χ4n) is 0. The topological polar surface area (TPSA) is 0 Å². The van der Waals surface area contributed by atoms with Crippen molar-refractivity contribution in [3.8, 4) is 0 Å². The summed E-state index contributed by atoms with van der Waals surface area (Å²) in [7, 11) is 0.940. The van der Waals surface area contributed by atoms with Crippen LogP contribution < -0.4 is 0 Å². The molecular weight excluding hydrogens is 249 g/mol. The molecule has 0 bridgehead atoms. The van der Waals surface area contributed by atoms with Crippen molar-refractivity contribution in [3.05, 3.63) is 0 Å². The van der Waals surface area contributed by atoms with Gasteiger partial charge in [0.25, 0.3) is 0 Å². The smallest absolute Gasteiger partial charge is 0.147 e. The molecule has 0 amide bonds. The van der Waals surface area contributed by atoms with Gasteiger partial charge < -0.3 is 0 Å². The predicted molar refractivity (Wildman–Crippen MR) is 38.4 cm³/mol. The van der Waals surface area contributed by atoms with Crippen LogP contribution in [0.2, 0.25) is 0 Å². The molecule has 4 heteroatoms. The molecule has 0 saturated carbocycles. The Balaban J connectivity index is 1.97. The number of hydrogen-bond donors (Lipinski definition) is 0. The van der Waals surface area contributed by atoms with E-state index in [0.29, 0.717) is 0 Å². The molecule has 0 rings (SSSR count). The first kappa shape index (κ1) is 5.70. The molecule has 0 aliphatic rings. The van der Waals surface area contributed by atoms with E-state index in [4.69, 9.17) is 0 Å². The van der Waals surface area contributed by atoms with E-state index in [2.05, 4.69) is 37.9 Å². The zero-order valence-electron chi connectivity index (χ0n) is 1.96. The lowest BCUT2D eigenvalue weighted by molar-refractivity contribution is 5.03. The van der Waals surface area contributed by atoms with Gasteiger partial charge in [0, 0.05) is 0 Å². The quantitative estimate of drug-likeness (QED) is 0.377. The van der Waals surface area contributed by atoms with Crippen LogP contribution in [0.25, 0.3) is 0 Å². The van der Waals surface area contributed by atoms with Crippen LogP contribution in [0, 0.1) is 0 Å². The molecule has 1 unspecified atom stereocenters. The van der Waals surface area contributed by atoms with E-state index in [0.717, 1.165) is 7.16 Å². The first-order valence-electron chi connectivity index (χ1n) is 0.810. The fourth-order valence-corrected chi connectivity index (χ4v) is 0. The Bertz CT molecular complexity index is 10.0. The predicted octanol–water partition coefficient (Wildman–Crippen LogP) is 1.68. The lowest BCUT2D eigenvalue weighted by Crippen LogP contribution is -1.38. The van der Waals surface area contributed by atoms with Crippen LogP contribution in [-0.4, -0.2) is 4.86 Å². The van der Waals surface area contributed by atoms with E-state index in [1.807, 2.05) is 0 Å². The van der Waals surface area contributed by atoms with Crippen LogP contribution in [0.5, 0.6) is 0 Å². The molecule has 0 aromatic heterocycles. The SMILES string of the molecule is BrPBI. The zero-order chi connectivity index (χ0) is 3.41. The Morgan fingerprint density at radius 3 is 2.25 bits per heavy atom. The molecule has 0 aliphatic carbocycles. The first-order valence-corrected chi connectivity index (χ1v) is 5.80. The van der Waals surface area contributed by atoms with Crippen molar-refractivity contribution in [1.82, 2.24) is 0 Å². The van der Waals surface area contributed by atoms with Crippen molar-refractivity contribution >= 4 is 49.9 Å². The van der Waals surface area contributed by atoms with Crippen LogP contribution in [-0.2, 0) is 0 Å². The van der Waals surface area contributed by atoms with Gasteiger partial charge >= 0.3 is 0 Å². The maximum Gasteiger partial charge on any atom is 0.237 e. The van der Waals surface area contributed by atoms with Crippen LogP contribution in [0.15, 0.2) is 0 Å². The van der Waals surface area contributed by atoms with E-state index in [1.165, 1.54) is 4.86 Å². The molecule has 0 N–H and O–H groups in total. The van der Waals surface area contributed by atoms with E-state index < -0.39 is 0 Å². The third-order valence-electron chi connectivity index (χ3n) is 0.0505. The lowest BCUT2D eigenvalue weighted by atomic mass is 10.8. The van der Waals surface area contributed by atoms with Gasteiger partial charge in [0.05, 0.1) is 0 Å². The average Bonchev–Trinajstić information content (AvgIpc) is 1.37. The Morgan fingerprint density at radius 2 is 2.25 bits per heavy atom. The maximum absolute atomic E-state index is 3.27. The summed E-state index contributed by atoms with van der Waals surface area (Å²) >= 11 is 5.59. The number of halogens is 2. The highest BCUT2D eigenvalue weighted by atomic mass is 127. The second-order valence-electron chi connectivity index (χ2n) is 0.267. The monoisotopic (exact) mass is 250 g/mol. The van der Waals surface area contributed by atoms with Crippen molar-refractivity contribution in [2.45, 2.75) is 0 Å². The van der Waals surface area contributed by atoms with Crippen LogP contribution >= 0.6 is 45.0 Å². The molecule has 0 radical (unpaired) electrons. The van der Waals surface area contributed by atoms with Crippen molar-refractivity contribution in [3.63, 3.8) is 0 Å². The Kier molecular flexibility index (Phi) is 6.71. The van der Waals surface area contributed by atoms with E-state index >= 15 is 0 Å². The van der Waals surface area contributed by atoms with Gasteiger partial charge in [-0.15, -0.1) is 22.4 Å². The molecular formula is H2BBrIP. The second-order valence-corrected chi connectivity index (χ2v) is 4.77. The van der Waals surface area contributed by atoms with E-state index in [1.54, 1.807) is 0 Å². The van der Waals surface area contributed by atoms with Crippen molar-refractivity contribution in [2.24, 2.45) is 0 Å². The van der Waals surface area contributed by atoms with E-state index in [9.17, 15) is 0 Å². The summed E-state index contributed by atoms with van der Waals surface area (Å²) in [6.07, 6.45) is 0. The van der Waals surface area contributed by atoms with Gasteiger partial charge in [0.2, 0.25) is 4.86 Å². The second kappa shape index (κ2) is 4.70. The summed E-state index contributed by atoms with van der Waals surface area (Å²) in [6, 6.07) is 0. The first-order chi connectivity index (χ1) is 1.91. The lowest BCUT2D eigenvalue weighted by Gasteiger charge is -1.60. The summed E-state index contributed by atoms with van der Waals surface area (Å²) < 4.78 is 0. The average molecular weight is 251 g/mol. The number of rotatable bonds is 1.